The van der Waals surface area contributed by atoms with E-state index in [1.807, 2.05) is 31.3 Å². The van der Waals surface area contributed by atoms with Crippen molar-refractivity contribution in [3.63, 3.8) is 0 Å². The predicted molar refractivity (Wildman–Crippen MR) is 64.6 cm³/mol. The fourth-order valence-corrected chi connectivity index (χ4v) is 1.18. The summed E-state index contributed by atoms with van der Waals surface area (Å²) in [5, 5.41) is 18.7. The van der Waals surface area contributed by atoms with E-state index in [1.165, 1.54) is 0 Å². The second kappa shape index (κ2) is 5.37. The Bertz CT molecular complexity index is 440. The van der Waals surface area contributed by atoms with E-state index in [0.717, 1.165) is 11.3 Å². The lowest BCUT2D eigenvalue weighted by atomic mass is 10.2. The zero-order valence-corrected chi connectivity index (χ0v) is 9.82. The van der Waals surface area contributed by atoms with E-state index in [2.05, 4.69) is 25.7 Å². The van der Waals surface area contributed by atoms with Gasteiger partial charge < -0.3 is 5.32 Å². The third-order valence-corrected chi connectivity index (χ3v) is 2.01. The van der Waals surface area contributed by atoms with Gasteiger partial charge in [-0.1, -0.05) is 0 Å². The highest BCUT2D eigenvalue weighted by molar-refractivity contribution is 5.85. The van der Waals surface area contributed by atoms with Crippen LogP contribution in [0.1, 0.15) is 5.82 Å². The van der Waals surface area contributed by atoms with Gasteiger partial charge in [0, 0.05) is 18.3 Å². The molecule has 0 spiro atoms. The zero-order chi connectivity index (χ0) is 10.7. The second-order valence-electron chi connectivity index (χ2n) is 3.10. The standard InChI is InChI=1S/C10H11N5.ClH/c1-7-12-14-10(15-13-7)8-3-5-9(11-2)6-4-8;/h3-6,11H,1-2H3;1H. The first-order chi connectivity index (χ1) is 7.29. The monoisotopic (exact) mass is 237 g/mol. The molecule has 0 saturated carbocycles. The lowest BCUT2D eigenvalue weighted by Crippen LogP contribution is -1.98. The third-order valence-electron chi connectivity index (χ3n) is 2.01. The van der Waals surface area contributed by atoms with E-state index >= 15 is 0 Å². The van der Waals surface area contributed by atoms with Gasteiger partial charge in [0.1, 0.15) is 0 Å². The fourth-order valence-electron chi connectivity index (χ4n) is 1.18. The van der Waals surface area contributed by atoms with Crippen LogP contribution < -0.4 is 5.32 Å². The van der Waals surface area contributed by atoms with Gasteiger partial charge >= 0.3 is 0 Å². The lowest BCUT2D eigenvalue weighted by molar-refractivity contribution is 0.816. The van der Waals surface area contributed by atoms with Gasteiger partial charge in [0.05, 0.1) is 0 Å². The minimum atomic E-state index is 0. The number of aromatic nitrogens is 4. The predicted octanol–water partition coefficient (Wildman–Crippen LogP) is 1.71. The van der Waals surface area contributed by atoms with Crippen molar-refractivity contribution < 1.29 is 0 Å². The van der Waals surface area contributed by atoms with E-state index < -0.39 is 0 Å². The van der Waals surface area contributed by atoms with Crippen LogP contribution in [0.25, 0.3) is 11.4 Å². The number of benzene rings is 1. The molecule has 0 fully saturated rings. The second-order valence-corrected chi connectivity index (χ2v) is 3.10. The zero-order valence-electron chi connectivity index (χ0n) is 9.01. The molecule has 0 bridgehead atoms. The first kappa shape index (κ1) is 12.3. The van der Waals surface area contributed by atoms with E-state index in [1.54, 1.807) is 6.92 Å². The molecular weight excluding hydrogens is 226 g/mol. The van der Waals surface area contributed by atoms with Crippen LogP contribution in [0.15, 0.2) is 24.3 Å². The first-order valence-corrected chi connectivity index (χ1v) is 4.62. The molecule has 5 nitrogen and oxygen atoms in total. The average molecular weight is 238 g/mol. The van der Waals surface area contributed by atoms with Crippen LogP contribution >= 0.6 is 12.4 Å². The summed E-state index contributed by atoms with van der Waals surface area (Å²) in [5.41, 5.74) is 1.96. The van der Waals surface area contributed by atoms with Gasteiger partial charge in [-0.2, -0.15) is 0 Å². The molecule has 0 aliphatic carbocycles. The van der Waals surface area contributed by atoms with Crippen LogP contribution in [-0.2, 0) is 0 Å². The van der Waals surface area contributed by atoms with Crippen LogP contribution in [0.5, 0.6) is 0 Å². The Hall–Kier alpha value is -1.75. The topological polar surface area (TPSA) is 63.6 Å². The Kier molecular flexibility index (Phi) is 4.13. The van der Waals surface area contributed by atoms with Crippen molar-refractivity contribution in [2.45, 2.75) is 6.92 Å². The molecule has 0 saturated heterocycles. The van der Waals surface area contributed by atoms with Gasteiger partial charge in [0.2, 0.25) is 5.82 Å². The summed E-state index contributed by atoms with van der Waals surface area (Å²) in [6.45, 7) is 1.76. The molecule has 0 radical (unpaired) electrons. The normalized spacial score (nSPS) is 9.38. The first-order valence-electron chi connectivity index (χ1n) is 4.62. The van der Waals surface area contributed by atoms with E-state index in [4.69, 9.17) is 0 Å². The van der Waals surface area contributed by atoms with Gasteiger partial charge in [-0.25, -0.2) is 0 Å². The number of anilines is 1. The fraction of sp³-hybridized carbons (Fsp3) is 0.200. The molecule has 16 heavy (non-hydrogen) atoms. The van der Waals surface area contributed by atoms with Gasteiger partial charge in [0.25, 0.3) is 0 Å². The minimum absolute atomic E-state index is 0. The Morgan fingerprint density at radius 1 is 0.938 bits per heavy atom. The van der Waals surface area contributed by atoms with Gasteiger partial charge in [-0.3, -0.25) is 0 Å². The van der Waals surface area contributed by atoms with Crippen molar-refractivity contribution in [1.29, 1.82) is 0 Å². The number of hydrogen-bond donors (Lipinski definition) is 1. The van der Waals surface area contributed by atoms with Crippen molar-refractivity contribution in [1.82, 2.24) is 20.4 Å². The number of nitrogens with one attached hydrogen (secondary N) is 1. The number of aryl methyl sites for hydroxylation is 1. The van der Waals surface area contributed by atoms with E-state index in [-0.39, 0.29) is 12.4 Å². The van der Waals surface area contributed by atoms with E-state index in [0.29, 0.717) is 11.6 Å². The maximum Gasteiger partial charge on any atom is 0.203 e. The molecule has 6 heteroatoms. The molecule has 1 heterocycles. The molecule has 84 valence electrons. The van der Waals surface area contributed by atoms with Crippen LogP contribution in [-0.4, -0.2) is 27.4 Å². The maximum atomic E-state index is 3.96. The number of rotatable bonds is 2. The summed E-state index contributed by atoms with van der Waals surface area (Å²) in [5.74, 6) is 1.12. The van der Waals surface area contributed by atoms with Crippen molar-refractivity contribution >= 4 is 18.1 Å². The molecule has 1 aromatic heterocycles. The molecule has 0 atom stereocenters. The SMILES string of the molecule is CNc1ccc(-c2nnc(C)nn2)cc1.Cl. The quantitative estimate of drug-likeness (QED) is 0.862. The Labute approximate surface area is 99.7 Å². The van der Waals surface area contributed by atoms with Crippen molar-refractivity contribution in [2.75, 3.05) is 12.4 Å². The van der Waals surface area contributed by atoms with E-state index in [9.17, 15) is 0 Å². The van der Waals surface area contributed by atoms with Gasteiger partial charge in [-0.15, -0.1) is 32.8 Å². The number of hydrogen-bond acceptors (Lipinski definition) is 5. The minimum Gasteiger partial charge on any atom is -0.388 e. The van der Waals surface area contributed by atoms with Crippen LogP contribution in [0, 0.1) is 6.92 Å². The van der Waals surface area contributed by atoms with Crippen molar-refractivity contribution in [2.24, 2.45) is 0 Å². The summed E-state index contributed by atoms with van der Waals surface area (Å²) < 4.78 is 0. The molecule has 0 unspecified atom stereocenters. The highest BCUT2D eigenvalue weighted by atomic mass is 35.5. The Balaban J connectivity index is 0.00000128. The summed E-state index contributed by atoms with van der Waals surface area (Å²) in [6.07, 6.45) is 0. The van der Waals surface area contributed by atoms with Crippen LogP contribution in [0.3, 0.4) is 0 Å². The van der Waals surface area contributed by atoms with Crippen LogP contribution in [0.4, 0.5) is 5.69 Å². The molecule has 1 aromatic carbocycles. The number of halogens is 1. The average Bonchev–Trinajstić information content (AvgIpc) is 2.30. The smallest absolute Gasteiger partial charge is 0.203 e. The van der Waals surface area contributed by atoms with Crippen molar-refractivity contribution in [3.8, 4) is 11.4 Å². The largest absolute Gasteiger partial charge is 0.388 e. The Morgan fingerprint density at radius 2 is 1.50 bits per heavy atom. The van der Waals surface area contributed by atoms with Gasteiger partial charge in [-0.05, 0) is 31.2 Å². The summed E-state index contributed by atoms with van der Waals surface area (Å²) >= 11 is 0. The summed E-state index contributed by atoms with van der Waals surface area (Å²) in [6, 6.07) is 7.77. The molecule has 0 aliphatic rings. The maximum absolute atomic E-state index is 3.96. The molecular formula is C10H12ClN5. The summed E-state index contributed by atoms with van der Waals surface area (Å²) in [4.78, 5) is 0. The lowest BCUT2D eigenvalue weighted by Gasteiger charge is -2.01. The molecule has 2 aromatic rings. The highest BCUT2D eigenvalue weighted by Gasteiger charge is 2.01. The summed E-state index contributed by atoms with van der Waals surface area (Å²) in [7, 11) is 1.88. The Morgan fingerprint density at radius 3 is 2.00 bits per heavy atom. The molecule has 0 amide bonds. The highest BCUT2D eigenvalue weighted by Crippen LogP contribution is 2.15. The van der Waals surface area contributed by atoms with Crippen molar-refractivity contribution in [3.05, 3.63) is 30.1 Å². The molecule has 1 N–H and O–H groups in total. The van der Waals surface area contributed by atoms with Gasteiger partial charge in [0.15, 0.2) is 5.82 Å². The van der Waals surface area contributed by atoms with Crippen LogP contribution in [0.2, 0.25) is 0 Å². The molecule has 2 rings (SSSR count). The third kappa shape index (κ3) is 2.64. The molecule has 0 aliphatic heterocycles. The number of nitrogens with zero attached hydrogens (tertiary/aromatic N) is 4.